The molecule has 0 saturated carbocycles. The van der Waals surface area contributed by atoms with Gasteiger partial charge in [-0.2, -0.15) is 13.2 Å². The lowest BCUT2D eigenvalue weighted by molar-refractivity contribution is -0.156. The van der Waals surface area contributed by atoms with Gasteiger partial charge in [0.2, 0.25) is 0 Å². The van der Waals surface area contributed by atoms with E-state index in [1.54, 1.807) is 20.8 Å². The van der Waals surface area contributed by atoms with Gasteiger partial charge in [-0.25, -0.2) is 4.79 Å². The van der Waals surface area contributed by atoms with Gasteiger partial charge < -0.3 is 14.7 Å². The van der Waals surface area contributed by atoms with Crippen molar-refractivity contribution in [3.8, 4) is 0 Å². The number of aliphatic carboxylic acids is 1. The van der Waals surface area contributed by atoms with E-state index in [1.807, 2.05) is 0 Å². The maximum Gasteiger partial charge on any atom is 0.410 e. The molecule has 1 heterocycles. The number of halogens is 3. The van der Waals surface area contributed by atoms with Crippen LogP contribution >= 0.6 is 0 Å². The summed E-state index contributed by atoms with van der Waals surface area (Å²) in [5.41, 5.74) is -2.29. The van der Waals surface area contributed by atoms with Gasteiger partial charge in [-0.3, -0.25) is 4.79 Å². The normalized spacial score (nSPS) is 23.2. The number of likely N-dealkylation sites (tertiary alicyclic amines) is 1. The van der Waals surface area contributed by atoms with Gasteiger partial charge in [0.1, 0.15) is 5.60 Å². The van der Waals surface area contributed by atoms with Crippen LogP contribution in [0, 0.1) is 5.41 Å². The van der Waals surface area contributed by atoms with Gasteiger partial charge in [0.05, 0.1) is 5.41 Å². The second-order valence-corrected chi connectivity index (χ2v) is 6.35. The van der Waals surface area contributed by atoms with Crippen molar-refractivity contribution in [1.82, 2.24) is 4.90 Å². The van der Waals surface area contributed by atoms with Crippen LogP contribution in [0.4, 0.5) is 18.0 Å². The molecule has 0 radical (unpaired) electrons. The molecule has 0 aromatic heterocycles. The lowest BCUT2D eigenvalue weighted by atomic mass is 9.82. The van der Waals surface area contributed by atoms with Crippen LogP contribution < -0.4 is 0 Å². The van der Waals surface area contributed by atoms with E-state index >= 15 is 0 Å². The molecule has 0 bridgehead atoms. The average Bonchev–Trinajstić information content (AvgIpc) is 2.68. The van der Waals surface area contributed by atoms with Crippen LogP contribution in [-0.4, -0.2) is 46.9 Å². The van der Waals surface area contributed by atoms with Crippen LogP contribution in [0.5, 0.6) is 0 Å². The fourth-order valence-corrected chi connectivity index (χ4v) is 2.22. The highest BCUT2D eigenvalue weighted by molar-refractivity contribution is 5.78. The van der Waals surface area contributed by atoms with Crippen LogP contribution in [0.1, 0.15) is 40.0 Å². The molecule has 21 heavy (non-hydrogen) atoms. The quantitative estimate of drug-likeness (QED) is 0.870. The Morgan fingerprint density at radius 3 is 2.29 bits per heavy atom. The molecule has 0 aromatic carbocycles. The summed E-state index contributed by atoms with van der Waals surface area (Å²) in [6, 6.07) is 0. The highest BCUT2D eigenvalue weighted by Gasteiger charge is 2.48. The molecule has 0 aromatic rings. The van der Waals surface area contributed by atoms with E-state index in [1.165, 1.54) is 0 Å². The van der Waals surface area contributed by atoms with Gasteiger partial charge in [-0.05, 0) is 33.6 Å². The third-order valence-corrected chi connectivity index (χ3v) is 3.35. The number of hydrogen-bond donors (Lipinski definition) is 1. The first-order valence-corrected chi connectivity index (χ1v) is 6.63. The van der Waals surface area contributed by atoms with Crippen molar-refractivity contribution in [3.05, 3.63) is 0 Å². The maximum atomic E-state index is 12.3. The second kappa shape index (κ2) is 5.73. The Hall–Kier alpha value is -1.47. The molecule has 1 saturated heterocycles. The number of amides is 1. The van der Waals surface area contributed by atoms with E-state index in [9.17, 15) is 27.9 Å². The molecule has 1 fully saturated rings. The summed E-state index contributed by atoms with van der Waals surface area (Å²) in [4.78, 5) is 24.4. The first kappa shape index (κ1) is 17.6. The molecule has 1 aliphatic heterocycles. The smallest absolute Gasteiger partial charge is 0.410 e. The van der Waals surface area contributed by atoms with E-state index in [2.05, 4.69) is 0 Å². The number of carboxylic acid groups (broad SMARTS) is 1. The number of carboxylic acids is 1. The van der Waals surface area contributed by atoms with E-state index in [0.29, 0.717) is 0 Å². The summed E-state index contributed by atoms with van der Waals surface area (Å²) in [6.07, 6.45) is -6.83. The molecule has 0 aliphatic carbocycles. The van der Waals surface area contributed by atoms with E-state index in [4.69, 9.17) is 4.74 Å². The molecule has 122 valence electrons. The summed E-state index contributed by atoms with van der Waals surface area (Å²) in [5.74, 6) is -1.31. The molecule has 1 aliphatic rings. The minimum atomic E-state index is -4.41. The third-order valence-electron chi connectivity index (χ3n) is 3.35. The fraction of sp³-hybridized carbons (Fsp3) is 0.846. The molecule has 1 amide bonds. The van der Waals surface area contributed by atoms with E-state index in [0.717, 1.165) is 4.90 Å². The topological polar surface area (TPSA) is 66.8 Å². The van der Waals surface area contributed by atoms with Crippen molar-refractivity contribution < 1.29 is 32.6 Å². The molecule has 5 nitrogen and oxygen atoms in total. The van der Waals surface area contributed by atoms with Gasteiger partial charge in [-0.15, -0.1) is 0 Å². The molecule has 1 N–H and O–H groups in total. The Morgan fingerprint density at radius 2 is 1.86 bits per heavy atom. The van der Waals surface area contributed by atoms with Gasteiger partial charge in [-0.1, -0.05) is 0 Å². The Kier molecular flexibility index (Phi) is 4.80. The Labute approximate surface area is 121 Å². The van der Waals surface area contributed by atoms with Crippen molar-refractivity contribution in [2.24, 2.45) is 5.41 Å². The maximum absolute atomic E-state index is 12.3. The molecular weight excluding hydrogens is 291 g/mol. The Balaban J connectivity index is 2.74. The molecular formula is C13H20F3NO4. The zero-order valence-electron chi connectivity index (χ0n) is 12.3. The first-order valence-electron chi connectivity index (χ1n) is 6.63. The molecule has 1 unspecified atom stereocenters. The monoisotopic (exact) mass is 311 g/mol. The largest absolute Gasteiger partial charge is 0.481 e. The number of ether oxygens (including phenoxy) is 1. The molecule has 1 atom stereocenters. The summed E-state index contributed by atoms with van der Waals surface area (Å²) >= 11 is 0. The molecule has 1 rings (SSSR count). The zero-order chi connectivity index (χ0) is 16.5. The van der Waals surface area contributed by atoms with Crippen molar-refractivity contribution in [2.45, 2.75) is 51.8 Å². The second-order valence-electron chi connectivity index (χ2n) is 6.35. The van der Waals surface area contributed by atoms with Crippen molar-refractivity contribution in [3.63, 3.8) is 0 Å². The third kappa shape index (κ3) is 5.09. The SMILES string of the molecule is CC(C)(C)OC(=O)N1CCC(CCC(F)(F)F)(C(=O)O)C1. The Morgan fingerprint density at radius 1 is 1.29 bits per heavy atom. The van der Waals surface area contributed by atoms with Crippen LogP contribution in [0.3, 0.4) is 0 Å². The van der Waals surface area contributed by atoms with Crippen molar-refractivity contribution >= 4 is 12.1 Å². The fourth-order valence-electron chi connectivity index (χ4n) is 2.22. The number of carbonyl (C=O) groups excluding carboxylic acids is 1. The highest BCUT2D eigenvalue weighted by Crippen LogP contribution is 2.39. The Bertz CT molecular complexity index is 417. The minimum Gasteiger partial charge on any atom is -0.481 e. The van der Waals surface area contributed by atoms with E-state index < -0.39 is 42.1 Å². The minimum absolute atomic E-state index is 0.00233. The summed E-state index contributed by atoms with van der Waals surface area (Å²) in [5, 5.41) is 9.25. The summed E-state index contributed by atoms with van der Waals surface area (Å²) in [6.45, 7) is 4.81. The summed E-state index contributed by atoms with van der Waals surface area (Å²) < 4.78 is 42.1. The van der Waals surface area contributed by atoms with Gasteiger partial charge in [0.15, 0.2) is 0 Å². The van der Waals surface area contributed by atoms with Crippen molar-refractivity contribution in [2.75, 3.05) is 13.1 Å². The van der Waals surface area contributed by atoms with E-state index in [-0.39, 0.29) is 19.5 Å². The number of alkyl halides is 3. The predicted molar refractivity (Wildman–Crippen MR) is 67.8 cm³/mol. The highest BCUT2D eigenvalue weighted by atomic mass is 19.4. The standard InChI is InChI=1S/C13H20F3NO4/c1-11(2,3)21-10(20)17-7-6-12(8-17,9(18)19)4-5-13(14,15)16/h4-8H2,1-3H3,(H,18,19). The molecule has 0 spiro atoms. The van der Waals surface area contributed by atoms with Crippen LogP contribution in [0.25, 0.3) is 0 Å². The van der Waals surface area contributed by atoms with Gasteiger partial charge in [0, 0.05) is 19.5 Å². The van der Waals surface area contributed by atoms with Gasteiger partial charge >= 0.3 is 18.2 Å². The van der Waals surface area contributed by atoms with Crippen molar-refractivity contribution in [1.29, 1.82) is 0 Å². The van der Waals surface area contributed by atoms with Crippen LogP contribution in [0.15, 0.2) is 0 Å². The number of nitrogens with zero attached hydrogens (tertiary/aromatic N) is 1. The zero-order valence-corrected chi connectivity index (χ0v) is 12.3. The average molecular weight is 311 g/mol. The van der Waals surface area contributed by atoms with Gasteiger partial charge in [0.25, 0.3) is 0 Å². The lowest BCUT2D eigenvalue weighted by Gasteiger charge is -2.27. The molecule has 8 heteroatoms. The number of hydrogen-bond acceptors (Lipinski definition) is 3. The number of carbonyl (C=O) groups is 2. The first-order chi connectivity index (χ1) is 9.35. The summed E-state index contributed by atoms with van der Waals surface area (Å²) in [7, 11) is 0. The lowest BCUT2D eigenvalue weighted by Crippen LogP contribution is -2.40. The van der Waals surface area contributed by atoms with Crippen LogP contribution in [0.2, 0.25) is 0 Å². The predicted octanol–water partition coefficient (Wildman–Crippen LogP) is 3.04. The van der Waals surface area contributed by atoms with Crippen LogP contribution in [-0.2, 0) is 9.53 Å². The number of rotatable bonds is 3.